The summed E-state index contributed by atoms with van der Waals surface area (Å²) in [7, 11) is 0. The van der Waals surface area contributed by atoms with Crippen LogP contribution in [0.3, 0.4) is 0 Å². The summed E-state index contributed by atoms with van der Waals surface area (Å²) >= 11 is 25.4. The van der Waals surface area contributed by atoms with Gasteiger partial charge in [-0.1, -0.05) is 0 Å². The molecule has 2 rings (SSSR count). The molecule has 0 aliphatic heterocycles. The molecule has 0 fully saturated rings. The van der Waals surface area contributed by atoms with Crippen molar-refractivity contribution in [3.8, 4) is 22.6 Å². The molecule has 0 aromatic heterocycles. The number of phenolic OH excluding ortho intramolecular Hbond substituents is 2. The minimum Gasteiger partial charge on any atom is -0.507 e. The fourth-order valence-electron chi connectivity index (χ4n) is 2.79. The van der Waals surface area contributed by atoms with Crippen LogP contribution in [0.1, 0.15) is 22.3 Å². The van der Waals surface area contributed by atoms with E-state index < -0.39 is 10.8 Å². The van der Waals surface area contributed by atoms with E-state index >= 15 is 0 Å². The number of phenols is 2. The molecule has 2 aromatic rings. The highest BCUT2D eigenvalue weighted by molar-refractivity contribution is 9.11. The maximum Gasteiger partial charge on any atom is 0.123 e. The molecule has 0 saturated carbocycles. The van der Waals surface area contributed by atoms with Gasteiger partial charge in [-0.05, 0) is 91.4 Å². The van der Waals surface area contributed by atoms with Gasteiger partial charge in [0.1, 0.15) is 11.5 Å². The molecule has 0 saturated heterocycles. The highest BCUT2D eigenvalue weighted by atomic mass is 79.9. The zero-order valence-corrected chi connectivity index (χ0v) is 26.3. The molecule has 4 N–H and O–H groups in total. The Hall–Kier alpha value is 0.420. The van der Waals surface area contributed by atoms with Crippen LogP contribution < -0.4 is 0 Å². The van der Waals surface area contributed by atoms with Crippen molar-refractivity contribution in [2.24, 2.45) is 0 Å². The van der Waals surface area contributed by atoms with Crippen LogP contribution in [0, 0.1) is 27.7 Å². The normalized spacial score (nSPS) is 12.8. The minimum atomic E-state index is -0.391. The third kappa shape index (κ3) is 7.70. The number of aromatic hydroxyl groups is 2. The van der Waals surface area contributed by atoms with Crippen molar-refractivity contribution in [2.75, 3.05) is 26.4 Å². The number of aliphatic hydroxyl groups is 2. The highest BCUT2D eigenvalue weighted by Crippen LogP contribution is 2.51. The number of rotatable bonds is 7. The van der Waals surface area contributed by atoms with Crippen LogP contribution in [0.2, 0.25) is 0 Å². The van der Waals surface area contributed by atoms with Crippen LogP contribution >= 0.6 is 86.9 Å². The van der Waals surface area contributed by atoms with Crippen LogP contribution in [-0.4, -0.2) is 57.6 Å². The number of benzene rings is 2. The van der Waals surface area contributed by atoms with Crippen molar-refractivity contribution >= 4 is 86.9 Å². The molecule has 0 spiro atoms. The van der Waals surface area contributed by atoms with Gasteiger partial charge in [0.2, 0.25) is 0 Å². The fourth-order valence-corrected chi connectivity index (χ4v) is 5.84. The molecule has 0 bridgehead atoms. The summed E-state index contributed by atoms with van der Waals surface area (Å²) in [6.45, 7) is 7.73. The zero-order chi connectivity index (χ0) is 25.6. The van der Waals surface area contributed by atoms with Gasteiger partial charge < -0.3 is 25.2 Å². The summed E-state index contributed by atoms with van der Waals surface area (Å²) in [5, 5.41) is 36.6. The van der Waals surface area contributed by atoms with E-state index in [9.17, 15) is 10.2 Å². The quantitative estimate of drug-likeness (QED) is 0.224. The molecule has 33 heavy (non-hydrogen) atoms. The second kappa shape index (κ2) is 14.2. The zero-order valence-electron chi connectivity index (χ0n) is 18.4. The Morgan fingerprint density at radius 1 is 0.636 bits per heavy atom. The van der Waals surface area contributed by atoms with E-state index in [1.807, 2.05) is 27.7 Å². The van der Waals surface area contributed by atoms with Gasteiger partial charge in [0.05, 0.1) is 37.2 Å². The van der Waals surface area contributed by atoms with Gasteiger partial charge in [0.15, 0.2) is 0 Å². The second-order valence-corrected chi connectivity index (χ2v) is 11.7. The standard InChI is InChI=1S/C16H14Br4O2.C6H12Cl2O3/c1-5-11(17)9(12(18)6(2)15(5)21)10-13(19)7(3)16(22)8(4)14(10)20;7-5(1-9)3-11-4-6(8)2-10/h21-22H,1-4H3;5-6,9-10H,1-4H2. The van der Waals surface area contributed by atoms with Crippen LogP contribution in [-0.2, 0) is 4.74 Å². The first-order chi connectivity index (χ1) is 15.3. The van der Waals surface area contributed by atoms with Crippen molar-refractivity contribution < 1.29 is 25.2 Å². The first-order valence-corrected chi connectivity index (χ1v) is 13.8. The lowest BCUT2D eigenvalue weighted by molar-refractivity contribution is 0.107. The molecule has 2 atom stereocenters. The molecular formula is C22H26Br4Cl2O5. The lowest BCUT2D eigenvalue weighted by Crippen LogP contribution is -2.19. The van der Waals surface area contributed by atoms with E-state index in [1.165, 1.54) is 0 Å². The lowest BCUT2D eigenvalue weighted by Gasteiger charge is -2.20. The molecule has 2 unspecified atom stereocenters. The Morgan fingerprint density at radius 3 is 1.09 bits per heavy atom. The van der Waals surface area contributed by atoms with Gasteiger partial charge in [0, 0.05) is 51.3 Å². The molecule has 0 aliphatic rings. The lowest BCUT2D eigenvalue weighted by atomic mass is 9.96. The largest absolute Gasteiger partial charge is 0.507 e. The number of alkyl halides is 2. The van der Waals surface area contributed by atoms with Crippen molar-refractivity contribution in [1.82, 2.24) is 0 Å². The Morgan fingerprint density at radius 2 is 0.879 bits per heavy atom. The van der Waals surface area contributed by atoms with Gasteiger partial charge >= 0.3 is 0 Å². The maximum absolute atomic E-state index is 10.2. The van der Waals surface area contributed by atoms with Gasteiger partial charge in [-0.2, -0.15) is 0 Å². The molecule has 0 heterocycles. The monoisotopic (exact) mass is 756 g/mol. The van der Waals surface area contributed by atoms with Gasteiger partial charge in [0.25, 0.3) is 0 Å². The first kappa shape index (κ1) is 31.4. The Kier molecular flexibility index (Phi) is 13.6. The average Bonchev–Trinajstić information content (AvgIpc) is 2.81. The molecule has 186 valence electrons. The van der Waals surface area contributed by atoms with Gasteiger partial charge in [-0.25, -0.2) is 0 Å². The SMILES string of the molecule is Cc1c(O)c(C)c(Br)c(-c2c(Br)c(C)c(O)c(C)c2Br)c1Br.OCC(Cl)COCC(Cl)CO. The number of halogens is 6. The maximum atomic E-state index is 10.2. The van der Waals surface area contributed by atoms with Crippen molar-refractivity contribution in [2.45, 2.75) is 38.4 Å². The Labute approximate surface area is 238 Å². The summed E-state index contributed by atoms with van der Waals surface area (Å²) < 4.78 is 8.21. The molecule has 5 nitrogen and oxygen atoms in total. The minimum absolute atomic E-state index is 0.117. The molecule has 2 aromatic carbocycles. The van der Waals surface area contributed by atoms with Crippen molar-refractivity contribution in [3.63, 3.8) is 0 Å². The predicted octanol–water partition coefficient (Wildman–Crippen LogP) is 7.25. The molecule has 0 radical (unpaired) electrons. The topological polar surface area (TPSA) is 90.2 Å². The highest BCUT2D eigenvalue weighted by Gasteiger charge is 2.24. The number of aliphatic hydroxyl groups excluding tert-OH is 2. The van der Waals surface area contributed by atoms with E-state index in [-0.39, 0.29) is 37.9 Å². The van der Waals surface area contributed by atoms with Gasteiger partial charge in [-0.15, -0.1) is 23.2 Å². The number of hydrogen-bond donors (Lipinski definition) is 4. The average molecular weight is 761 g/mol. The van der Waals surface area contributed by atoms with Gasteiger partial charge in [-0.3, -0.25) is 0 Å². The third-order valence-electron chi connectivity index (χ3n) is 4.86. The van der Waals surface area contributed by atoms with E-state index in [0.29, 0.717) is 0 Å². The summed E-state index contributed by atoms with van der Waals surface area (Å²) in [4.78, 5) is 0. The first-order valence-electron chi connectivity index (χ1n) is 9.73. The van der Waals surface area contributed by atoms with Crippen LogP contribution in [0.4, 0.5) is 0 Å². The Bertz CT molecular complexity index is 853. The van der Waals surface area contributed by atoms with Crippen LogP contribution in [0.25, 0.3) is 11.1 Å². The fraction of sp³-hybridized carbons (Fsp3) is 0.455. The summed E-state index contributed by atoms with van der Waals surface area (Å²) in [6.07, 6.45) is 0. The molecular weight excluding hydrogens is 735 g/mol. The van der Waals surface area contributed by atoms with Crippen molar-refractivity contribution in [1.29, 1.82) is 0 Å². The van der Waals surface area contributed by atoms with E-state index in [1.54, 1.807) is 0 Å². The predicted molar refractivity (Wildman–Crippen MR) is 149 cm³/mol. The molecule has 0 amide bonds. The molecule has 0 aliphatic carbocycles. The van der Waals surface area contributed by atoms with Crippen molar-refractivity contribution in [3.05, 3.63) is 40.1 Å². The second-order valence-electron chi connectivity index (χ2n) is 7.30. The van der Waals surface area contributed by atoms with Crippen LogP contribution in [0.5, 0.6) is 11.5 Å². The third-order valence-corrected chi connectivity index (χ3v) is 9.35. The van der Waals surface area contributed by atoms with Crippen LogP contribution in [0.15, 0.2) is 17.9 Å². The van der Waals surface area contributed by atoms with E-state index in [4.69, 9.17) is 38.2 Å². The smallest absolute Gasteiger partial charge is 0.123 e. The van der Waals surface area contributed by atoms with E-state index in [0.717, 1.165) is 51.3 Å². The number of hydrogen-bond acceptors (Lipinski definition) is 5. The molecule has 11 heteroatoms. The summed E-state index contributed by atoms with van der Waals surface area (Å²) in [5.41, 5.74) is 4.96. The summed E-state index contributed by atoms with van der Waals surface area (Å²) in [6, 6.07) is 0. The van der Waals surface area contributed by atoms with E-state index in [2.05, 4.69) is 63.7 Å². The Balaban J connectivity index is 0.000000420. The summed E-state index contributed by atoms with van der Waals surface area (Å²) in [5.74, 6) is 0.531. The number of ether oxygens (including phenoxy) is 1.